The summed E-state index contributed by atoms with van der Waals surface area (Å²) < 4.78 is 0. The van der Waals surface area contributed by atoms with Crippen molar-refractivity contribution in [1.82, 2.24) is 5.32 Å². The summed E-state index contributed by atoms with van der Waals surface area (Å²) in [7, 11) is 0. The van der Waals surface area contributed by atoms with Crippen LogP contribution in [-0.4, -0.2) is 23.7 Å². The maximum atomic E-state index is 10.9. The number of aliphatic hydroxyl groups is 1. The molecular formula is C20H22ClNO4. The van der Waals surface area contributed by atoms with E-state index in [4.69, 9.17) is 16.5 Å². The van der Waals surface area contributed by atoms with Gasteiger partial charge in [-0.25, -0.2) is 4.79 Å². The highest BCUT2D eigenvalue weighted by Crippen LogP contribution is 2.26. The van der Waals surface area contributed by atoms with Crippen molar-refractivity contribution in [2.45, 2.75) is 38.3 Å². The van der Waals surface area contributed by atoms with Crippen molar-refractivity contribution in [3.8, 4) is 5.75 Å². The number of carbonyl (C=O) groups excluding carboxylic acids is 1. The average Bonchev–Trinajstić information content (AvgIpc) is 2.64. The van der Waals surface area contributed by atoms with Gasteiger partial charge in [0.05, 0.1) is 6.10 Å². The number of hydrogen-bond donors (Lipinski definition) is 2. The Morgan fingerprint density at radius 3 is 2.92 bits per heavy atom. The molecule has 0 unspecified atom stereocenters. The third-order valence-corrected chi connectivity index (χ3v) is 4.73. The Kier molecular flexibility index (Phi) is 6.14. The number of halogens is 1. The molecule has 26 heavy (non-hydrogen) atoms. The van der Waals surface area contributed by atoms with Crippen LogP contribution >= 0.6 is 11.6 Å². The minimum atomic E-state index is -0.603. The Hall–Kier alpha value is -2.08. The Bertz CT molecular complexity index is 780. The molecule has 0 fully saturated rings. The Morgan fingerprint density at radius 1 is 1.31 bits per heavy atom. The van der Waals surface area contributed by atoms with Crippen LogP contribution in [0.3, 0.4) is 0 Å². The van der Waals surface area contributed by atoms with E-state index in [-0.39, 0.29) is 6.04 Å². The Labute approximate surface area is 157 Å². The van der Waals surface area contributed by atoms with E-state index in [1.807, 2.05) is 24.3 Å². The molecule has 1 aliphatic carbocycles. The summed E-state index contributed by atoms with van der Waals surface area (Å²) in [6.07, 6.45) is 2.18. The largest absolute Gasteiger partial charge is 0.387 e. The van der Waals surface area contributed by atoms with Gasteiger partial charge in [0.15, 0.2) is 5.75 Å². The first kappa shape index (κ1) is 18.7. The van der Waals surface area contributed by atoms with Crippen LogP contribution in [0, 0.1) is 0 Å². The van der Waals surface area contributed by atoms with Crippen LogP contribution in [0.25, 0.3) is 0 Å². The molecule has 0 spiro atoms. The van der Waals surface area contributed by atoms with E-state index in [2.05, 4.69) is 10.2 Å². The van der Waals surface area contributed by atoms with Gasteiger partial charge in [-0.1, -0.05) is 29.8 Å². The maximum Gasteiger partial charge on any atom is 0.352 e. The highest BCUT2D eigenvalue weighted by Gasteiger charge is 2.20. The zero-order valence-corrected chi connectivity index (χ0v) is 15.3. The third kappa shape index (κ3) is 4.97. The van der Waals surface area contributed by atoms with Crippen LogP contribution in [-0.2, 0) is 22.5 Å². The number of hydrogen-bond acceptors (Lipinski definition) is 5. The standard InChI is InChI=1S/C20H22ClNO4/c1-13(23)25-26-19-8-6-14-5-7-18(10-16(14)11-19)22-12-20(24)15-3-2-4-17(21)9-15/h2-4,6,8-9,11,18,20,22,24H,5,7,10,12H2,1H3/t18-,20-/m0/s1. The predicted molar refractivity (Wildman–Crippen MR) is 99.1 cm³/mol. The SMILES string of the molecule is CC(=O)OOc1ccc2c(c1)C[C@@H](NC[C@H](O)c1cccc(Cl)c1)CC2. The molecule has 5 nitrogen and oxygen atoms in total. The monoisotopic (exact) mass is 375 g/mol. The fourth-order valence-electron chi connectivity index (χ4n) is 3.18. The molecule has 2 aromatic rings. The summed E-state index contributed by atoms with van der Waals surface area (Å²) >= 11 is 5.98. The summed E-state index contributed by atoms with van der Waals surface area (Å²) in [6, 6.07) is 13.3. The highest BCUT2D eigenvalue weighted by molar-refractivity contribution is 6.30. The second-order valence-corrected chi connectivity index (χ2v) is 6.94. The third-order valence-electron chi connectivity index (χ3n) is 4.49. The molecule has 2 atom stereocenters. The van der Waals surface area contributed by atoms with E-state index in [0.717, 1.165) is 30.4 Å². The van der Waals surface area contributed by atoms with Crippen molar-refractivity contribution in [3.05, 3.63) is 64.2 Å². The summed E-state index contributed by atoms with van der Waals surface area (Å²) in [5.74, 6) is 0.0239. The molecule has 6 heteroatoms. The molecule has 0 aliphatic heterocycles. The van der Waals surface area contributed by atoms with Crippen LogP contribution < -0.4 is 10.2 Å². The van der Waals surface area contributed by atoms with Gasteiger partial charge in [-0.15, -0.1) is 0 Å². The van der Waals surface area contributed by atoms with E-state index in [1.165, 1.54) is 12.5 Å². The second-order valence-electron chi connectivity index (χ2n) is 6.51. The minimum Gasteiger partial charge on any atom is -0.387 e. The van der Waals surface area contributed by atoms with Crippen LogP contribution in [0.2, 0.25) is 5.02 Å². The lowest BCUT2D eigenvalue weighted by molar-refractivity contribution is -0.210. The van der Waals surface area contributed by atoms with Crippen molar-refractivity contribution in [1.29, 1.82) is 0 Å². The fourth-order valence-corrected chi connectivity index (χ4v) is 3.38. The molecular weight excluding hydrogens is 354 g/mol. The van der Waals surface area contributed by atoms with Crippen molar-refractivity contribution in [2.75, 3.05) is 6.54 Å². The van der Waals surface area contributed by atoms with Crippen LogP contribution in [0.15, 0.2) is 42.5 Å². The average molecular weight is 376 g/mol. The van der Waals surface area contributed by atoms with Gasteiger partial charge < -0.3 is 10.4 Å². The molecule has 0 aromatic heterocycles. The van der Waals surface area contributed by atoms with Gasteiger partial charge in [0, 0.05) is 24.5 Å². The first-order valence-corrected chi connectivity index (χ1v) is 9.03. The van der Waals surface area contributed by atoms with Gasteiger partial charge in [-0.3, -0.25) is 9.78 Å². The van der Waals surface area contributed by atoms with Crippen LogP contribution in [0.4, 0.5) is 0 Å². The maximum absolute atomic E-state index is 10.9. The number of aliphatic hydroxyl groups excluding tert-OH is 1. The zero-order valence-electron chi connectivity index (χ0n) is 14.6. The van der Waals surface area contributed by atoms with E-state index in [0.29, 0.717) is 17.3 Å². The summed E-state index contributed by atoms with van der Waals surface area (Å²) in [6.45, 7) is 1.76. The van der Waals surface area contributed by atoms with Gasteiger partial charge in [0.2, 0.25) is 0 Å². The summed E-state index contributed by atoms with van der Waals surface area (Å²) in [4.78, 5) is 20.5. The molecule has 3 rings (SSSR count). The second kappa shape index (κ2) is 8.54. The normalized spacial score (nSPS) is 17.3. The van der Waals surface area contributed by atoms with Gasteiger partial charge >= 0.3 is 5.97 Å². The number of benzene rings is 2. The lowest BCUT2D eigenvalue weighted by Crippen LogP contribution is -2.37. The lowest BCUT2D eigenvalue weighted by Gasteiger charge is -2.27. The molecule has 0 amide bonds. The number of fused-ring (bicyclic) bond motifs is 1. The molecule has 0 saturated heterocycles. The number of aryl methyl sites for hydroxylation is 1. The molecule has 0 heterocycles. The van der Waals surface area contributed by atoms with E-state index in [9.17, 15) is 9.90 Å². The van der Waals surface area contributed by atoms with E-state index in [1.54, 1.807) is 18.2 Å². The van der Waals surface area contributed by atoms with Crippen molar-refractivity contribution in [3.63, 3.8) is 0 Å². The summed E-state index contributed by atoms with van der Waals surface area (Å²) in [5, 5.41) is 14.4. The molecule has 0 radical (unpaired) electrons. The van der Waals surface area contributed by atoms with Crippen molar-refractivity contribution >= 4 is 17.6 Å². The predicted octanol–water partition coefficient (Wildman–Crippen LogP) is 3.38. The van der Waals surface area contributed by atoms with Gasteiger partial charge in [-0.05, 0) is 60.2 Å². The summed E-state index contributed by atoms with van der Waals surface area (Å²) in [5.41, 5.74) is 3.24. The zero-order chi connectivity index (χ0) is 18.5. The number of nitrogens with one attached hydrogen (secondary N) is 1. The van der Waals surface area contributed by atoms with Crippen molar-refractivity contribution in [2.24, 2.45) is 0 Å². The molecule has 138 valence electrons. The number of rotatable bonds is 6. The van der Waals surface area contributed by atoms with Crippen LogP contribution in [0.1, 0.15) is 36.1 Å². The topological polar surface area (TPSA) is 67.8 Å². The molecule has 0 saturated carbocycles. The lowest BCUT2D eigenvalue weighted by atomic mass is 9.88. The van der Waals surface area contributed by atoms with Crippen molar-refractivity contribution < 1.29 is 19.7 Å². The Morgan fingerprint density at radius 2 is 2.15 bits per heavy atom. The highest BCUT2D eigenvalue weighted by atomic mass is 35.5. The number of carbonyl (C=O) groups is 1. The quantitative estimate of drug-likeness (QED) is 0.598. The molecule has 2 aromatic carbocycles. The molecule has 2 N–H and O–H groups in total. The smallest absolute Gasteiger partial charge is 0.352 e. The molecule has 0 bridgehead atoms. The molecule has 1 aliphatic rings. The van der Waals surface area contributed by atoms with E-state index >= 15 is 0 Å². The first-order chi connectivity index (χ1) is 12.5. The first-order valence-electron chi connectivity index (χ1n) is 8.65. The van der Waals surface area contributed by atoms with Gasteiger partial charge in [0.1, 0.15) is 0 Å². The van der Waals surface area contributed by atoms with E-state index < -0.39 is 12.1 Å². The van der Waals surface area contributed by atoms with Gasteiger partial charge in [-0.2, -0.15) is 0 Å². The fraction of sp³-hybridized carbons (Fsp3) is 0.350. The minimum absolute atomic E-state index is 0.264. The van der Waals surface area contributed by atoms with Crippen LogP contribution in [0.5, 0.6) is 5.75 Å². The van der Waals surface area contributed by atoms with Gasteiger partial charge in [0.25, 0.3) is 0 Å². The Balaban J connectivity index is 1.57.